The third kappa shape index (κ3) is 7.02. The predicted molar refractivity (Wildman–Crippen MR) is 130 cm³/mol. The molecule has 0 aliphatic carbocycles. The van der Waals surface area contributed by atoms with Gasteiger partial charge in [-0.1, -0.05) is 23.2 Å². The van der Waals surface area contributed by atoms with E-state index in [0.717, 1.165) is 23.9 Å². The van der Waals surface area contributed by atoms with E-state index in [1.807, 2.05) is 0 Å². The fourth-order valence-electron chi connectivity index (χ4n) is 2.73. The summed E-state index contributed by atoms with van der Waals surface area (Å²) < 4.78 is 39.1. The van der Waals surface area contributed by atoms with Gasteiger partial charge in [-0.25, -0.2) is 19.9 Å². The molecule has 11 nitrogen and oxygen atoms in total. The minimum Gasteiger partial charge on any atom is -0.360 e. The van der Waals surface area contributed by atoms with Crippen LogP contribution >= 0.6 is 34.5 Å². The van der Waals surface area contributed by atoms with Crippen molar-refractivity contribution in [1.82, 2.24) is 30.6 Å². The van der Waals surface area contributed by atoms with Crippen LogP contribution in [0.1, 0.15) is 43.7 Å². The van der Waals surface area contributed by atoms with E-state index in [0.29, 0.717) is 11.1 Å². The van der Waals surface area contributed by atoms with Gasteiger partial charge in [0.2, 0.25) is 5.91 Å². The van der Waals surface area contributed by atoms with Crippen LogP contribution in [0.4, 0.5) is 24.8 Å². The number of pyridine rings is 1. The van der Waals surface area contributed by atoms with Crippen LogP contribution in [-0.2, 0) is 11.0 Å². The van der Waals surface area contributed by atoms with Crippen LogP contribution in [0.15, 0.2) is 24.8 Å². The molecule has 37 heavy (non-hydrogen) atoms. The highest BCUT2D eigenvalue weighted by atomic mass is 35.5. The Hall–Kier alpha value is -3.56. The summed E-state index contributed by atoms with van der Waals surface area (Å²) in [6.45, 7) is 1.46. The first-order valence-electron chi connectivity index (χ1n) is 10.2. The minimum absolute atomic E-state index is 0.0576. The molecule has 0 aromatic carbocycles. The lowest BCUT2D eigenvalue weighted by Gasteiger charge is -2.13. The Balaban J connectivity index is 1.67. The topological polar surface area (TPSA) is 151 Å². The van der Waals surface area contributed by atoms with E-state index in [4.69, 9.17) is 23.2 Å². The maximum absolute atomic E-state index is 13.0. The summed E-state index contributed by atoms with van der Waals surface area (Å²) in [5.41, 5.74) is -1.30. The Morgan fingerprint density at radius 2 is 1.81 bits per heavy atom. The second kappa shape index (κ2) is 11.7. The van der Waals surface area contributed by atoms with E-state index in [2.05, 4.69) is 41.2 Å². The van der Waals surface area contributed by atoms with Crippen molar-refractivity contribution in [3.05, 3.63) is 56.0 Å². The molecule has 0 saturated carbocycles. The zero-order valence-electron chi connectivity index (χ0n) is 18.9. The first-order valence-corrected chi connectivity index (χ1v) is 11.7. The first-order chi connectivity index (χ1) is 17.4. The van der Waals surface area contributed by atoms with Gasteiger partial charge < -0.3 is 21.3 Å². The van der Waals surface area contributed by atoms with Crippen LogP contribution in [0.5, 0.6) is 0 Å². The highest BCUT2D eigenvalue weighted by Crippen LogP contribution is 2.35. The molecule has 17 heteroatoms. The zero-order valence-corrected chi connectivity index (χ0v) is 21.2. The second-order valence-corrected chi connectivity index (χ2v) is 9.02. The molecule has 3 aromatic heterocycles. The van der Waals surface area contributed by atoms with Gasteiger partial charge in [0.05, 0.1) is 29.4 Å². The fourth-order valence-corrected chi connectivity index (χ4v) is 4.00. The number of nitrogens with one attached hydrogen (secondary N) is 4. The van der Waals surface area contributed by atoms with Gasteiger partial charge in [-0.05, 0) is 13.0 Å². The molecule has 3 aromatic rings. The third-order valence-electron chi connectivity index (χ3n) is 4.57. The van der Waals surface area contributed by atoms with Crippen LogP contribution in [0, 0.1) is 0 Å². The van der Waals surface area contributed by atoms with Gasteiger partial charge in [-0.15, -0.1) is 11.3 Å². The van der Waals surface area contributed by atoms with Crippen LogP contribution in [0.25, 0.3) is 0 Å². The highest BCUT2D eigenvalue weighted by Gasteiger charge is 2.34. The van der Waals surface area contributed by atoms with Crippen LogP contribution in [-0.4, -0.2) is 51.2 Å². The number of rotatable bonds is 8. The molecule has 0 saturated heterocycles. The number of thiazole rings is 1. The Morgan fingerprint density at radius 3 is 2.49 bits per heavy atom. The maximum Gasteiger partial charge on any atom is 0.418 e. The normalized spacial score (nSPS) is 12.0. The standard InChI is InChI=1S/C20H17Cl2F3N8O3S/c1-8(32-18(36)15-14(22)16(31-7-30-15)28-6-13(34)26-2)19-29-5-11(37-19)17(35)33-12-3-9(20(23,24)25)10(21)4-27-12/h3-5,7-8H,6H2,1-2H3,(H,26,34)(H,32,36)(H,27,33,35)(H,28,30,31)/t8-/m1/s1. The quantitative estimate of drug-likeness (QED) is 0.318. The molecule has 4 N–H and O–H groups in total. The molecular weight excluding hydrogens is 560 g/mol. The van der Waals surface area contributed by atoms with Gasteiger partial charge in [-0.2, -0.15) is 13.2 Å². The van der Waals surface area contributed by atoms with E-state index in [1.165, 1.54) is 13.2 Å². The Labute approximate surface area is 221 Å². The molecular formula is C20H17Cl2F3N8O3S. The molecule has 3 rings (SSSR count). The third-order valence-corrected chi connectivity index (χ3v) is 6.41. The summed E-state index contributed by atoms with van der Waals surface area (Å²) in [6, 6.07) is -0.0771. The van der Waals surface area contributed by atoms with E-state index in [9.17, 15) is 27.6 Å². The summed E-state index contributed by atoms with van der Waals surface area (Å²) >= 11 is 12.6. The van der Waals surface area contributed by atoms with Crippen molar-refractivity contribution in [2.45, 2.75) is 19.1 Å². The van der Waals surface area contributed by atoms with Crippen molar-refractivity contribution in [1.29, 1.82) is 0 Å². The number of hydrogen-bond acceptors (Lipinski definition) is 9. The average Bonchev–Trinajstić information content (AvgIpc) is 3.34. The van der Waals surface area contributed by atoms with Crippen molar-refractivity contribution in [2.24, 2.45) is 0 Å². The predicted octanol–water partition coefficient (Wildman–Crippen LogP) is 3.55. The number of anilines is 2. The number of amides is 3. The molecule has 0 bridgehead atoms. The smallest absolute Gasteiger partial charge is 0.360 e. The fraction of sp³-hybridized carbons (Fsp3) is 0.250. The Morgan fingerprint density at radius 1 is 1.08 bits per heavy atom. The van der Waals surface area contributed by atoms with E-state index >= 15 is 0 Å². The van der Waals surface area contributed by atoms with Crippen LogP contribution in [0.3, 0.4) is 0 Å². The zero-order chi connectivity index (χ0) is 27.3. The molecule has 3 amide bonds. The van der Waals surface area contributed by atoms with Crippen molar-refractivity contribution in [3.63, 3.8) is 0 Å². The lowest BCUT2D eigenvalue weighted by Crippen LogP contribution is -2.29. The largest absolute Gasteiger partial charge is 0.418 e. The van der Waals surface area contributed by atoms with Gasteiger partial charge in [0.15, 0.2) is 5.69 Å². The van der Waals surface area contributed by atoms with Gasteiger partial charge in [0, 0.05) is 13.2 Å². The summed E-state index contributed by atoms with van der Waals surface area (Å²) in [5.74, 6) is -2.02. The molecule has 0 unspecified atom stereocenters. The lowest BCUT2D eigenvalue weighted by molar-refractivity contribution is -0.137. The summed E-state index contributed by atoms with van der Waals surface area (Å²) in [7, 11) is 1.46. The van der Waals surface area contributed by atoms with Gasteiger partial charge >= 0.3 is 6.18 Å². The molecule has 0 aliphatic rings. The molecule has 0 aliphatic heterocycles. The molecule has 196 valence electrons. The monoisotopic (exact) mass is 576 g/mol. The van der Waals surface area contributed by atoms with E-state index < -0.39 is 34.6 Å². The summed E-state index contributed by atoms with van der Waals surface area (Å²) in [6.07, 6.45) is -1.64. The highest BCUT2D eigenvalue weighted by molar-refractivity contribution is 7.13. The maximum atomic E-state index is 13.0. The number of likely N-dealkylation sites (N-methyl/N-ethyl adjacent to an activating group) is 1. The van der Waals surface area contributed by atoms with Crippen molar-refractivity contribution >= 4 is 63.9 Å². The molecule has 3 heterocycles. The average molecular weight is 577 g/mol. The van der Waals surface area contributed by atoms with Gasteiger partial charge in [-0.3, -0.25) is 14.4 Å². The first kappa shape index (κ1) is 28.0. The van der Waals surface area contributed by atoms with Crippen molar-refractivity contribution < 1.29 is 27.6 Å². The summed E-state index contributed by atoms with van der Waals surface area (Å²) in [4.78, 5) is 52.2. The number of aromatic nitrogens is 4. The van der Waals surface area contributed by atoms with Crippen molar-refractivity contribution in [3.8, 4) is 0 Å². The second-order valence-electron chi connectivity index (χ2n) is 7.17. The van der Waals surface area contributed by atoms with Crippen LogP contribution < -0.4 is 21.3 Å². The summed E-state index contributed by atoms with van der Waals surface area (Å²) in [5, 5.41) is 9.61. The van der Waals surface area contributed by atoms with E-state index in [-0.39, 0.29) is 39.7 Å². The molecule has 0 spiro atoms. The number of carbonyl (C=O) groups excluding carboxylic acids is 3. The molecule has 0 fully saturated rings. The van der Waals surface area contributed by atoms with Gasteiger partial charge in [0.1, 0.15) is 32.9 Å². The number of alkyl halides is 3. The minimum atomic E-state index is -4.72. The lowest BCUT2D eigenvalue weighted by atomic mass is 10.2. The van der Waals surface area contributed by atoms with E-state index in [1.54, 1.807) is 6.92 Å². The number of nitrogens with zero attached hydrogens (tertiary/aromatic N) is 4. The number of carbonyl (C=O) groups is 3. The molecule has 1 atom stereocenters. The Bertz CT molecular complexity index is 1340. The Kier molecular flexibility index (Phi) is 8.83. The number of hydrogen-bond donors (Lipinski definition) is 4. The van der Waals surface area contributed by atoms with Crippen LogP contribution in [0.2, 0.25) is 10.0 Å². The van der Waals surface area contributed by atoms with Gasteiger partial charge in [0.25, 0.3) is 11.8 Å². The van der Waals surface area contributed by atoms with Crippen molar-refractivity contribution in [2.75, 3.05) is 24.2 Å². The number of halogens is 5. The SMILES string of the molecule is CNC(=O)CNc1ncnc(C(=O)N[C@H](C)c2ncc(C(=O)Nc3cc(C(F)(F)F)c(Cl)cn3)s2)c1Cl. The molecule has 0 radical (unpaired) electrons.